The van der Waals surface area contributed by atoms with Crippen molar-refractivity contribution in [1.29, 1.82) is 0 Å². The zero-order valence-electron chi connectivity index (χ0n) is 6.63. The van der Waals surface area contributed by atoms with Gasteiger partial charge in [0.2, 0.25) is 0 Å². The molecule has 1 fully saturated rings. The molecule has 1 saturated heterocycles. The lowest BCUT2D eigenvalue weighted by atomic mass is 9.98. The van der Waals surface area contributed by atoms with Crippen LogP contribution >= 0.6 is 0 Å². The molecule has 0 amide bonds. The number of hydrogen-bond donors (Lipinski definition) is 2. The van der Waals surface area contributed by atoms with E-state index in [9.17, 15) is 0 Å². The van der Waals surface area contributed by atoms with E-state index in [0.29, 0.717) is 12.1 Å². The lowest BCUT2D eigenvalue weighted by molar-refractivity contribution is 0.0129. The fourth-order valence-electron chi connectivity index (χ4n) is 1.62. The monoisotopic (exact) mass is 144 g/mol. The molecule has 10 heavy (non-hydrogen) atoms. The van der Waals surface area contributed by atoms with E-state index in [-0.39, 0.29) is 6.10 Å². The van der Waals surface area contributed by atoms with Crippen LogP contribution in [0.15, 0.2) is 0 Å². The highest BCUT2D eigenvalue weighted by Crippen LogP contribution is 2.14. The molecule has 0 saturated carbocycles. The zero-order valence-corrected chi connectivity index (χ0v) is 6.63. The molecule has 0 bridgehead atoms. The van der Waals surface area contributed by atoms with Crippen molar-refractivity contribution in [3.8, 4) is 0 Å². The molecule has 3 N–H and O–H groups in total. The largest absolute Gasteiger partial charge is 0.312 e. The lowest BCUT2D eigenvalue weighted by Crippen LogP contribution is -2.45. The maximum absolute atomic E-state index is 5.10. The first-order chi connectivity index (χ1) is 4.72. The summed E-state index contributed by atoms with van der Waals surface area (Å²) in [6, 6.07) is 1.08. The first kappa shape index (κ1) is 7.98. The molecular weight excluding hydrogens is 128 g/mol. The number of nitrogens with one attached hydrogen (secondary N) is 1. The van der Waals surface area contributed by atoms with E-state index in [1.807, 2.05) is 0 Å². The lowest BCUT2D eigenvalue weighted by Gasteiger charge is -2.31. The van der Waals surface area contributed by atoms with Crippen LogP contribution < -0.4 is 11.2 Å². The molecule has 0 spiro atoms. The second-order valence-electron chi connectivity index (χ2n) is 3.20. The maximum atomic E-state index is 5.10. The van der Waals surface area contributed by atoms with Gasteiger partial charge in [0.25, 0.3) is 0 Å². The highest BCUT2D eigenvalue weighted by Gasteiger charge is 2.22. The highest BCUT2D eigenvalue weighted by atomic mass is 16.6. The van der Waals surface area contributed by atoms with E-state index >= 15 is 0 Å². The zero-order chi connectivity index (χ0) is 7.56. The van der Waals surface area contributed by atoms with E-state index < -0.39 is 0 Å². The van der Waals surface area contributed by atoms with Gasteiger partial charge in [-0.05, 0) is 26.7 Å². The van der Waals surface area contributed by atoms with Gasteiger partial charge in [-0.1, -0.05) is 0 Å². The number of rotatable bonds is 1. The standard InChI is InChI=1S/C7H16N2O/c1-5-3-7(10-8)4-6(2)9-5/h5-7,9H,3-4,8H2,1-2H3/t5-,6+,7?. The summed E-state index contributed by atoms with van der Waals surface area (Å²) in [5.74, 6) is 5.10. The molecule has 1 heterocycles. The Bertz CT molecular complexity index is 97.8. The SMILES string of the molecule is C[C@@H]1CC(ON)C[C@H](C)N1. The molecule has 0 aliphatic carbocycles. The quantitative estimate of drug-likeness (QED) is 0.524. The van der Waals surface area contributed by atoms with Crippen molar-refractivity contribution in [1.82, 2.24) is 5.32 Å². The van der Waals surface area contributed by atoms with Crippen LogP contribution in [0.25, 0.3) is 0 Å². The summed E-state index contributed by atoms with van der Waals surface area (Å²) in [5.41, 5.74) is 0. The molecule has 1 rings (SSSR count). The second kappa shape index (κ2) is 3.32. The van der Waals surface area contributed by atoms with E-state index in [1.54, 1.807) is 0 Å². The number of piperidine rings is 1. The summed E-state index contributed by atoms with van der Waals surface area (Å²) in [6.07, 6.45) is 2.31. The molecule has 3 heteroatoms. The van der Waals surface area contributed by atoms with E-state index in [2.05, 4.69) is 19.2 Å². The number of nitrogens with two attached hydrogens (primary N) is 1. The summed E-state index contributed by atoms with van der Waals surface area (Å²) < 4.78 is 0. The minimum atomic E-state index is 0.256. The van der Waals surface area contributed by atoms with E-state index in [4.69, 9.17) is 10.7 Å². The molecule has 3 atom stereocenters. The molecule has 1 aliphatic rings. The van der Waals surface area contributed by atoms with Crippen LogP contribution in [0.1, 0.15) is 26.7 Å². The Morgan fingerprint density at radius 3 is 2.20 bits per heavy atom. The van der Waals surface area contributed by atoms with Gasteiger partial charge in [-0.2, -0.15) is 0 Å². The van der Waals surface area contributed by atoms with Crippen LogP contribution in [0.2, 0.25) is 0 Å². The molecule has 1 aliphatic heterocycles. The summed E-state index contributed by atoms with van der Waals surface area (Å²) in [7, 11) is 0. The van der Waals surface area contributed by atoms with Gasteiger partial charge in [0.15, 0.2) is 0 Å². The van der Waals surface area contributed by atoms with E-state index in [0.717, 1.165) is 12.8 Å². The van der Waals surface area contributed by atoms with Gasteiger partial charge < -0.3 is 10.2 Å². The van der Waals surface area contributed by atoms with Gasteiger partial charge >= 0.3 is 0 Å². The summed E-state index contributed by atoms with van der Waals surface area (Å²) in [6.45, 7) is 4.31. The molecule has 3 nitrogen and oxygen atoms in total. The molecule has 0 aromatic carbocycles. The predicted molar refractivity (Wildman–Crippen MR) is 40.4 cm³/mol. The van der Waals surface area contributed by atoms with Crippen LogP contribution in [0, 0.1) is 0 Å². The summed E-state index contributed by atoms with van der Waals surface area (Å²) in [4.78, 5) is 4.79. The topological polar surface area (TPSA) is 47.3 Å². The Morgan fingerprint density at radius 1 is 1.30 bits per heavy atom. The minimum Gasteiger partial charge on any atom is -0.312 e. The van der Waals surface area contributed by atoms with Gasteiger partial charge in [-0.25, -0.2) is 5.90 Å². The average Bonchev–Trinajstić information content (AvgIpc) is 1.85. The van der Waals surface area contributed by atoms with Crippen LogP contribution in [-0.2, 0) is 4.84 Å². The van der Waals surface area contributed by atoms with Gasteiger partial charge in [-0.15, -0.1) is 0 Å². The molecule has 0 aromatic rings. The minimum absolute atomic E-state index is 0.256. The molecule has 1 unspecified atom stereocenters. The molecule has 60 valence electrons. The number of hydrogen-bond acceptors (Lipinski definition) is 3. The Morgan fingerprint density at radius 2 is 1.80 bits per heavy atom. The third kappa shape index (κ3) is 1.94. The van der Waals surface area contributed by atoms with Crippen molar-refractivity contribution in [2.24, 2.45) is 5.90 Å². The van der Waals surface area contributed by atoms with Gasteiger partial charge in [0.1, 0.15) is 0 Å². The van der Waals surface area contributed by atoms with Crippen LogP contribution in [0.5, 0.6) is 0 Å². The normalized spacial score (nSPS) is 41.7. The van der Waals surface area contributed by atoms with Crippen LogP contribution in [-0.4, -0.2) is 18.2 Å². The van der Waals surface area contributed by atoms with Gasteiger partial charge in [-0.3, -0.25) is 0 Å². The highest BCUT2D eigenvalue weighted by molar-refractivity contribution is 4.80. The second-order valence-corrected chi connectivity index (χ2v) is 3.20. The summed E-state index contributed by atoms with van der Waals surface area (Å²) >= 11 is 0. The fourth-order valence-corrected chi connectivity index (χ4v) is 1.62. The Balaban J connectivity index is 2.35. The third-order valence-corrected chi connectivity index (χ3v) is 1.99. The Kier molecular flexibility index (Phi) is 2.65. The van der Waals surface area contributed by atoms with Crippen LogP contribution in [0.4, 0.5) is 0 Å². The van der Waals surface area contributed by atoms with Crippen molar-refractivity contribution in [3.05, 3.63) is 0 Å². The average molecular weight is 144 g/mol. The maximum Gasteiger partial charge on any atom is 0.0816 e. The molecule has 0 radical (unpaired) electrons. The molecular formula is C7H16N2O. The van der Waals surface area contributed by atoms with Gasteiger partial charge in [0.05, 0.1) is 6.10 Å². The van der Waals surface area contributed by atoms with Crippen molar-refractivity contribution >= 4 is 0 Å². The molecule has 0 aromatic heterocycles. The van der Waals surface area contributed by atoms with Crippen molar-refractivity contribution in [2.75, 3.05) is 0 Å². The first-order valence-electron chi connectivity index (χ1n) is 3.84. The first-order valence-corrected chi connectivity index (χ1v) is 3.84. The predicted octanol–water partition coefficient (Wildman–Crippen LogP) is 0.406. The van der Waals surface area contributed by atoms with Gasteiger partial charge in [0, 0.05) is 12.1 Å². The van der Waals surface area contributed by atoms with Crippen molar-refractivity contribution in [3.63, 3.8) is 0 Å². The van der Waals surface area contributed by atoms with E-state index in [1.165, 1.54) is 0 Å². The smallest absolute Gasteiger partial charge is 0.0816 e. The summed E-state index contributed by atoms with van der Waals surface area (Å²) in [5, 5.41) is 3.41. The fraction of sp³-hybridized carbons (Fsp3) is 1.00. The van der Waals surface area contributed by atoms with Crippen molar-refractivity contribution in [2.45, 2.75) is 44.9 Å². The van der Waals surface area contributed by atoms with Crippen LogP contribution in [0.3, 0.4) is 0 Å². The van der Waals surface area contributed by atoms with Crippen molar-refractivity contribution < 1.29 is 4.84 Å². The third-order valence-electron chi connectivity index (χ3n) is 1.99. The Labute approximate surface area is 61.9 Å². The Hall–Kier alpha value is -0.120.